The minimum Gasteiger partial charge on any atom is -0.395 e. The predicted octanol–water partition coefficient (Wildman–Crippen LogP) is 3.23. The van der Waals surface area contributed by atoms with Crippen molar-refractivity contribution in [3.8, 4) is 0 Å². The van der Waals surface area contributed by atoms with Gasteiger partial charge in [0.05, 0.1) is 19.3 Å². The van der Waals surface area contributed by atoms with Crippen LogP contribution >= 0.6 is 0 Å². The zero-order valence-electron chi connectivity index (χ0n) is 18.9. The van der Waals surface area contributed by atoms with Crippen molar-refractivity contribution < 1.29 is 20.1 Å². The first-order valence-electron chi connectivity index (χ1n) is 12.0. The third kappa shape index (κ3) is 20.4. The lowest BCUT2D eigenvalue weighted by atomic mass is 10.0. The van der Waals surface area contributed by atoms with Crippen LogP contribution in [-0.4, -0.2) is 71.6 Å². The van der Waals surface area contributed by atoms with Gasteiger partial charge in [-0.15, -0.1) is 0 Å². The molecule has 29 heavy (non-hydrogen) atoms. The van der Waals surface area contributed by atoms with Gasteiger partial charge in [0.1, 0.15) is 0 Å². The number of nitrogens with one attached hydrogen (secondary N) is 1. The summed E-state index contributed by atoms with van der Waals surface area (Å²) in [5.74, 6) is 0.0692. The number of carbonyl (C=O) groups is 1. The molecule has 6 nitrogen and oxygen atoms in total. The lowest BCUT2D eigenvalue weighted by molar-refractivity contribution is -0.121. The molecule has 0 aliphatic heterocycles. The summed E-state index contributed by atoms with van der Waals surface area (Å²) >= 11 is 0. The SMILES string of the molecule is CCCCCCCCCCCCCCCC(=O)NCCN(CCO)CC(O)CO. The number of rotatable bonds is 22. The Morgan fingerprint density at radius 3 is 1.83 bits per heavy atom. The molecule has 4 N–H and O–H groups in total. The van der Waals surface area contributed by atoms with E-state index in [1.807, 2.05) is 4.90 Å². The zero-order chi connectivity index (χ0) is 21.6. The molecular weight excluding hydrogens is 368 g/mol. The van der Waals surface area contributed by atoms with E-state index < -0.39 is 6.10 Å². The van der Waals surface area contributed by atoms with E-state index in [0.717, 1.165) is 12.8 Å². The smallest absolute Gasteiger partial charge is 0.220 e. The maximum absolute atomic E-state index is 11.9. The molecule has 1 atom stereocenters. The van der Waals surface area contributed by atoms with Gasteiger partial charge in [0.25, 0.3) is 0 Å². The van der Waals surface area contributed by atoms with E-state index in [-0.39, 0.29) is 19.1 Å². The van der Waals surface area contributed by atoms with Gasteiger partial charge in [0, 0.05) is 32.6 Å². The molecule has 0 saturated heterocycles. The number of aliphatic hydroxyl groups excluding tert-OH is 3. The van der Waals surface area contributed by atoms with Crippen LogP contribution in [0.2, 0.25) is 0 Å². The first-order chi connectivity index (χ1) is 14.1. The molecule has 0 aliphatic rings. The quantitative estimate of drug-likeness (QED) is 0.203. The van der Waals surface area contributed by atoms with E-state index in [9.17, 15) is 9.90 Å². The van der Waals surface area contributed by atoms with Crippen molar-refractivity contribution in [1.82, 2.24) is 10.2 Å². The average molecular weight is 417 g/mol. The summed E-state index contributed by atoms with van der Waals surface area (Å²) in [7, 11) is 0. The fraction of sp³-hybridized carbons (Fsp3) is 0.957. The first-order valence-corrected chi connectivity index (χ1v) is 12.0. The minimum absolute atomic E-state index is 0.00888. The number of hydrogen-bond donors (Lipinski definition) is 4. The topological polar surface area (TPSA) is 93.0 Å². The minimum atomic E-state index is -0.817. The highest BCUT2D eigenvalue weighted by Gasteiger charge is 2.10. The number of hydrogen-bond acceptors (Lipinski definition) is 5. The third-order valence-corrected chi connectivity index (χ3v) is 5.35. The van der Waals surface area contributed by atoms with Gasteiger partial charge < -0.3 is 20.6 Å². The van der Waals surface area contributed by atoms with Crippen LogP contribution in [0.4, 0.5) is 0 Å². The second-order valence-electron chi connectivity index (χ2n) is 8.20. The monoisotopic (exact) mass is 416 g/mol. The molecule has 0 rings (SSSR count). The van der Waals surface area contributed by atoms with Gasteiger partial charge in [-0.25, -0.2) is 0 Å². The number of nitrogens with zero attached hydrogens (tertiary/aromatic N) is 1. The van der Waals surface area contributed by atoms with Crippen LogP contribution in [0.15, 0.2) is 0 Å². The Morgan fingerprint density at radius 2 is 1.34 bits per heavy atom. The fourth-order valence-electron chi connectivity index (χ4n) is 3.54. The molecule has 0 aromatic heterocycles. The van der Waals surface area contributed by atoms with Gasteiger partial charge in [0.15, 0.2) is 0 Å². The molecule has 0 bridgehead atoms. The third-order valence-electron chi connectivity index (χ3n) is 5.35. The summed E-state index contributed by atoms with van der Waals surface area (Å²) in [5.41, 5.74) is 0. The van der Waals surface area contributed by atoms with E-state index >= 15 is 0 Å². The van der Waals surface area contributed by atoms with Gasteiger partial charge in [-0.1, -0.05) is 84.0 Å². The van der Waals surface area contributed by atoms with Crippen LogP contribution in [0, 0.1) is 0 Å². The number of unbranched alkanes of at least 4 members (excludes halogenated alkanes) is 12. The summed E-state index contributed by atoms with van der Waals surface area (Å²) in [5, 5.41) is 30.3. The van der Waals surface area contributed by atoms with Gasteiger partial charge in [-0.2, -0.15) is 0 Å². The highest BCUT2D eigenvalue weighted by atomic mass is 16.3. The molecule has 0 heterocycles. The van der Waals surface area contributed by atoms with E-state index in [1.54, 1.807) is 0 Å². The normalized spacial score (nSPS) is 12.4. The number of carbonyl (C=O) groups excluding carboxylic acids is 1. The molecule has 6 heteroatoms. The van der Waals surface area contributed by atoms with Crippen LogP contribution in [0.5, 0.6) is 0 Å². The van der Waals surface area contributed by atoms with Crippen molar-refractivity contribution in [2.75, 3.05) is 39.4 Å². The van der Waals surface area contributed by atoms with Crippen molar-refractivity contribution >= 4 is 5.91 Å². The molecule has 0 aliphatic carbocycles. The van der Waals surface area contributed by atoms with E-state index in [1.165, 1.54) is 70.6 Å². The maximum atomic E-state index is 11.9. The van der Waals surface area contributed by atoms with E-state index in [4.69, 9.17) is 10.2 Å². The predicted molar refractivity (Wildman–Crippen MR) is 120 cm³/mol. The maximum Gasteiger partial charge on any atom is 0.220 e. The van der Waals surface area contributed by atoms with Crippen LogP contribution in [-0.2, 0) is 4.79 Å². The lowest BCUT2D eigenvalue weighted by Crippen LogP contribution is -2.41. The number of aliphatic hydroxyl groups is 3. The van der Waals surface area contributed by atoms with Crippen molar-refractivity contribution in [2.24, 2.45) is 0 Å². The largest absolute Gasteiger partial charge is 0.395 e. The van der Waals surface area contributed by atoms with Crippen molar-refractivity contribution in [3.05, 3.63) is 0 Å². The van der Waals surface area contributed by atoms with Crippen LogP contribution in [0.3, 0.4) is 0 Å². The molecule has 1 unspecified atom stereocenters. The van der Waals surface area contributed by atoms with Gasteiger partial charge >= 0.3 is 0 Å². The molecule has 174 valence electrons. The Balaban J connectivity index is 3.44. The van der Waals surface area contributed by atoms with Crippen molar-refractivity contribution in [3.63, 3.8) is 0 Å². The molecular formula is C23H48N2O4. The average Bonchev–Trinajstić information content (AvgIpc) is 2.71. The summed E-state index contributed by atoms with van der Waals surface area (Å²) < 4.78 is 0. The van der Waals surface area contributed by atoms with Crippen LogP contribution < -0.4 is 5.32 Å². The number of amides is 1. The summed E-state index contributed by atoms with van der Waals surface area (Å²) in [6.45, 7) is 3.72. The second kappa shape index (κ2) is 22.0. The molecule has 0 aromatic carbocycles. The summed E-state index contributed by atoms with van der Waals surface area (Å²) in [4.78, 5) is 13.7. The van der Waals surface area contributed by atoms with E-state index in [0.29, 0.717) is 32.6 Å². The van der Waals surface area contributed by atoms with Crippen LogP contribution in [0.1, 0.15) is 96.8 Å². The zero-order valence-corrected chi connectivity index (χ0v) is 18.9. The fourth-order valence-corrected chi connectivity index (χ4v) is 3.54. The second-order valence-corrected chi connectivity index (χ2v) is 8.20. The molecule has 0 saturated carbocycles. The Bertz CT molecular complexity index is 356. The van der Waals surface area contributed by atoms with Crippen molar-refractivity contribution in [2.45, 2.75) is 103 Å². The molecule has 0 spiro atoms. The van der Waals surface area contributed by atoms with Gasteiger partial charge in [-0.05, 0) is 6.42 Å². The standard InChI is InChI=1S/C23H48N2O4/c1-2-3-4-5-6-7-8-9-10-11-12-13-14-15-23(29)24-16-17-25(18-19-26)20-22(28)21-27/h22,26-28H,2-21H2,1H3,(H,24,29). The molecule has 0 radical (unpaired) electrons. The summed E-state index contributed by atoms with van der Waals surface area (Å²) in [6.07, 6.45) is 16.6. The Hall–Kier alpha value is -0.690. The molecule has 0 fully saturated rings. The van der Waals surface area contributed by atoms with E-state index in [2.05, 4.69) is 12.2 Å². The summed E-state index contributed by atoms with van der Waals surface area (Å²) in [6, 6.07) is 0. The highest BCUT2D eigenvalue weighted by Crippen LogP contribution is 2.12. The Morgan fingerprint density at radius 1 is 0.828 bits per heavy atom. The Labute approximate surface area is 179 Å². The van der Waals surface area contributed by atoms with Gasteiger partial charge in [0.2, 0.25) is 5.91 Å². The van der Waals surface area contributed by atoms with Crippen LogP contribution in [0.25, 0.3) is 0 Å². The Kier molecular flexibility index (Phi) is 21.5. The van der Waals surface area contributed by atoms with Crippen molar-refractivity contribution in [1.29, 1.82) is 0 Å². The molecule has 1 amide bonds. The lowest BCUT2D eigenvalue weighted by Gasteiger charge is -2.23. The van der Waals surface area contributed by atoms with Gasteiger partial charge in [-0.3, -0.25) is 9.69 Å². The first kappa shape index (κ1) is 28.3. The highest BCUT2D eigenvalue weighted by molar-refractivity contribution is 5.75. The molecule has 0 aromatic rings.